The Morgan fingerprint density at radius 3 is 2.20 bits per heavy atom. The third-order valence-electron chi connectivity index (χ3n) is 8.27. The molecular formula is C41H45F2N5O11S. The van der Waals surface area contributed by atoms with E-state index in [1.54, 1.807) is 48.5 Å². The minimum Gasteiger partial charge on any atom is -0.492 e. The fourth-order valence-corrected chi connectivity index (χ4v) is 6.26. The van der Waals surface area contributed by atoms with E-state index < -0.39 is 40.7 Å². The fourth-order valence-electron chi connectivity index (χ4n) is 5.71. The van der Waals surface area contributed by atoms with Crippen molar-refractivity contribution in [3.05, 3.63) is 90.6 Å². The lowest BCUT2D eigenvalue weighted by molar-refractivity contribution is -0.142. The predicted molar refractivity (Wildman–Crippen MR) is 222 cm³/mol. The standard InChI is InChI=1S/C41H45F2N5O11S/c1-41(2,3)25-18-33(38(54-4)34(19-25)48-60(5,52)53)47-40(51)46-32-10-11-35(31-9-7-6-8-30(31)32)58-27-12-13-44-36(23-27)45-26-20-28(22-29(21-26)59-39(42)43)57-17-16-55-14-15-56-24-37(49)50/h6-13,18-23,39,48H,14-17,24H2,1-5H3,(H,44,45)(H,49,50)(H2,46,47,51). The van der Waals surface area contributed by atoms with Gasteiger partial charge in [0, 0.05) is 46.9 Å². The number of urea groups is 1. The Morgan fingerprint density at radius 2 is 1.50 bits per heavy atom. The van der Waals surface area contributed by atoms with Gasteiger partial charge in [0.2, 0.25) is 10.0 Å². The highest BCUT2D eigenvalue weighted by Crippen LogP contribution is 2.40. The summed E-state index contributed by atoms with van der Waals surface area (Å²) < 4.78 is 85.5. The number of nitrogens with one attached hydrogen (secondary N) is 4. The Morgan fingerprint density at radius 1 is 0.817 bits per heavy atom. The molecule has 0 aliphatic rings. The predicted octanol–water partition coefficient (Wildman–Crippen LogP) is 8.19. The van der Waals surface area contributed by atoms with Gasteiger partial charge in [0.15, 0.2) is 5.75 Å². The molecule has 16 nitrogen and oxygen atoms in total. The first kappa shape index (κ1) is 44.7. The Hall–Kier alpha value is -6.44. The molecule has 0 radical (unpaired) electrons. The summed E-state index contributed by atoms with van der Waals surface area (Å²) in [4.78, 5) is 28.3. The van der Waals surface area contributed by atoms with E-state index in [1.165, 1.54) is 25.4 Å². The number of ether oxygens (including phenoxy) is 6. The van der Waals surface area contributed by atoms with E-state index in [1.807, 2.05) is 39.0 Å². The average molecular weight is 854 g/mol. The van der Waals surface area contributed by atoms with Gasteiger partial charge in [-0.25, -0.2) is 23.0 Å². The number of carboxylic acids is 1. The number of aromatic nitrogens is 1. The first-order chi connectivity index (χ1) is 28.5. The summed E-state index contributed by atoms with van der Waals surface area (Å²) >= 11 is 0. The minimum atomic E-state index is -3.67. The van der Waals surface area contributed by atoms with Crippen LogP contribution in [0.5, 0.6) is 28.7 Å². The van der Waals surface area contributed by atoms with E-state index in [9.17, 15) is 26.8 Å². The second kappa shape index (κ2) is 20.0. The summed E-state index contributed by atoms with van der Waals surface area (Å²) in [5.41, 5.74) is 1.55. The van der Waals surface area contributed by atoms with Crippen LogP contribution in [0.3, 0.4) is 0 Å². The highest BCUT2D eigenvalue weighted by molar-refractivity contribution is 7.92. The van der Waals surface area contributed by atoms with Gasteiger partial charge in [0.05, 0.1) is 50.2 Å². The van der Waals surface area contributed by atoms with E-state index in [2.05, 4.69) is 30.4 Å². The van der Waals surface area contributed by atoms with Crippen molar-refractivity contribution in [2.75, 3.05) is 67.1 Å². The van der Waals surface area contributed by atoms with Gasteiger partial charge in [0.1, 0.15) is 42.0 Å². The Kier molecular flexibility index (Phi) is 14.9. The van der Waals surface area contributed by atoms with E-state index in [4.69, 9.17) is 28.8 Å². The second-order valence-electron chi connectivity index (χ2n) is 14.0. The number of sulfonamides is 1. The highest BCUT2D eigenvalue weighted by Gasteiger charge is 2.23. The molecule has 2 amide bonds. The van der Waals surface area contributed by atoms with Crippen molar-refractivity contribution in [1.29, 1.82) is 0 Å². The molecule has 60 heavy (non-hydrogen) atoms. The number of pyridine rings is 1. The number of anilines is 5. The van der Waals surface area contributed by atoms with Crippen LogP contribution in [0.25, 0.3) is 10.8 Å². The fraction of sp³-hybridized carbons (Fsp3) is 0.293. The molecule has 320 valence electrons. The number of alkyl halides is 2. The summed E-state index contributed by atoms with van der Waals surface area (Å²) in [6.07, 6.45) is 2.52. The summed E-state index contributed by atoms with van der Waals surface area (Å²) in [5.74, 6) is 0.205. The number of carboxylic acid groups (broad SMARTS) is 1. The molecule has 5 rings (SSSR count). The van der Waals surface area contributed by atoms with Gasteiger partial charge in [-0.15, -0.1) is 0 Å². The molecule has 0 spiro atoms. The molecule has 0 aliphatic heterocycles. The molecule has 0 fully saturated rings. The van der Waals surface area contributed by atoms with Gasteiger partial charge in [0.25, 0.3) is 0 Å². The molecule has 5 N–H and O–H groups in total. The molecular weight excluding hydrogens is 809 g/mol. The number of aliphatic carboxylic acids is 1. The summed E-state index contributed by atoms with van der Waals surface area (Å²) in [6.45, 7) is 2.72. The SMILES string of the molecule is COc1c(NC(=O)Nc2ccc(Oc3ccnc(Nc4cc(OCCOCCOCC(=O)O)cc(OC(F)F)c4)c3)c3ccccc23)cc(C(C)(C)C)cc1NS(C)(=O)=O. The third kappa shape index (κ3) is 13.3. The maximum absolute atomic E-state index is 13.5. The topological polar surface area (TPSA) is 205 Å². The van der Waals surface area contributed by atoms with Crippen molar-refractivity contribution in [3.8, 4) is 28.7 Å². The van der Waals surface area contributed by atoms with Gasteiger partial charge >= 0.3 is 18.6 Å². The van der Waals surface area contributed by atoms with Crippen molar-refractivity contribution in [2.24, 2.45) is 0 Å². The number of carbonyl (C=O) groups is 2. The zero-order valence-corrected chi connectivity index (χ0v) is 34.2. The van der Waals surface area contributed by atoms with Crippen LogP contribution in [-0.4, -0.2) is 83.5 Å². The van der Waals surface area contributed by atoms with Gasteiger partial charge in [-0.05, 0) is 41.3 Å². The summed E-state index contributed by atoms with van der Waals surface area (Å²) in [5, 5.41) is 18.6. The van der Waals surface area contributed by atoms with Crippen LogP contribution < -0.4 is 39.6 Å². The van der Waals surface area contributed by atoms with Gasteiger partial charge in [-0.1, -0.05) is 45.0 Å². The van der Waals surface area contributed by atoms with Gasteiger partial charge in [-0.2, -0.15) is 8.78 Å². The molecule has 0 unspecified atom stereocenters. The van der Waals surface area contributed by atoms with E-state index in [-0.39, 0.29) is 55.1 Å². The molecule has 0 bridgehead atoms. The molecule has 4 aromatic carbocycles. The number of rotatable bonds is 20. The lowest BCUT2D eigenvalue weighted by Crippen LogP contribution is -2.22. The number of carbonyl (C=O) groups excluding carboxylic acids is 1. The van der Waals surface area contributed by atoms with Crippen LogP contribution in [0.1, 0.15) is 26.3 Å². The summed E-state index contributed by atoms with van der Waals surface area (Å²) in [6, 6.07) is 20.8. The number of nitrogens with zero attached hydrogens (tertiary/aromatic N) is 1. The normalized spacial score (nSPS) is 11.5. The number of fused-ring (bicyclic) bond motifs is 1. The number of amides is 2. The van der Waals surface area contributed by atoms with E-state index >= 15 is 0 Å². The van der Waals surface area contributed by atoms with Crippen LogP contribution in [0, 0.1) is 0 Å². The zero-order chi connectivity index (χ0) is 43.5. The minimum absolute atomic E-state index is 0.0525. The van der Waals surface area contributed by atoms with E-state index in [0.717, 1.165) is 11.8 Å². The largest absolute Gasteiger partial charge is 0.492 e. The van der Waals surface area contributed by atoms with Crippen LogP contribution in [0.4, 0.5) is 42.1 Å². The molecule has 5 aromatic rings. The first-order valence-electron chi connectivity index (χ1n) is 18.3. The molecule has 0 saturated carbocycles. The molecule has 19 heteroatoms. The molecule has 0 atom stereocenters. The summed E-state index contributed by atoms with van der Waals surface area (Å²) in [7, 11) is -2.30. The van der Waals surface area contributed by atoms with Crippen molar-refractivity contribution >= 4 is 61.4 Å². The Balaban J connectivity index is 1.30. The second-order valence-corrected chi connectivity index (χ2v) is 15.8. The molecule has 0 aliphatic carbocycles. The molecule has 1 aromatic heterocycles. The van der Waals surface area contributed by atoms with E-state index in [0.29, 0.717) is 39.5 Å². The van der Waals surface area contributed by atoms with Crippen molar-refractivity contribution in [1.82, 2.24) is 4.98 Å². The first-order valence-corrected chi connectivity index (χ1v) is 20.2. The monoisotopic (exact) mass is 853 g/mol. The molecule has 0 saturated heterocycles. The maximum atomic E-state index is 13.5. The number of halogens is 2. The quantitative estimate of drug-likeness (QED) is 0.0469. The van der Waals surface area contributed by atoms with Gasteiger partial charge in [-0.3, -0.25) is 4.72 Å². The number of hydrogen-bond donors (Lipinski definition) is 5. The van der Waals surface area contributed by atoms with Crippen LogP contribution >= 0.6 is 0 Å². The van der Waals surface area contributed by atoms with Crippen molar-refractivity contribution in [2.45, 2.75) is 32.8 Å². The van der Waals surface area contributed by atoms with Gasteiger partial charge < -0.3 is 49.5 Å². The number of hydrogen-bond acceptors (Lipinski definition) is 12. The third-order valence-corrected chi connectivity index (χ3v) is 8.86. The van der Waals surface area contributed by atoms with Crippen LogP contribution in [0.2, 0.25) is 0 Å². The zero-order valence-electron chi connectivity index (χ0n) is 33.3. The highest BCUT2D eigenvalue weighted by atomic mass is 32.2. The average Bonchev–Trinajstić information content (AvgIpc) is 3.15. The van der Waals surface area contributed by atoms with Crippen LogP contribution in [-0.2, 0) is 29.7 Å². The maximum Gasteiger partial charge on any atom is 0.387 e. The Bertz CT molecular complexity index is 2410. The lowest BCUT2D eigenvalue weighted by Gasteiger charge is -2.24. The van der Waals surface area contributed by atoms with Crippen molar-refractivity contribution < 1.29 is 60.3 Å². The lowest BCUT2D eigenvalue weighted by atomic mass is 9.86. The number of methoxy groups -OCH3 is 1. The van der Waals surface area contributed by atoms with Crippen molar-refractivity contribution in [3.63, 3.8) is 0 Å². The van der Waals surface area contributed by atoms with Crippen LogP contribution in [0.15, 0.2) is 85.1 Å². The smallest absolute Gasteiger partial charge is 0.387 e. The molecule has 1 heterocycles. The number of benzene rings is 4. The Labute approximate surface area is 345 Å².